The first-order valence-corrected chi connectivity index (χ1v) is 3.02. The molecule has 0 bridgehead atoms. The van der Waals surface area contributed by atoms with Gasteiger partial charge in [0.1, 0.15) is 0 Å². The molecule has 0 radical (unpaired) electrons. The molecule has 0 fully saturated rings. The molecule has 0 atom stereocenters. The predicted molar refractivity (Wildman–Crippen MR) is 40.5 cm³/mol. The maximum atomic E-state index is 9.00. The van der Waals surface area contributed by atoms with Gasteiger partial charge in [0.25, 0.3) is 5.97 Å². The summed E-state index contributed by atoms with van der Waals surface area (Å²) in [7, 11) is -4.67. The Morgan fingerprint density at radius 1 is 1.36 bits per heavy atom. The summed E-state index contributed by atoms with van der Waals surface area (Å²) < 4.78 is 31.6. The second-order valence-corrected chi connectivity index (χ2v) is 1.86. The van der Waals surface area contributed by atoms with Gasteiger partial charge in [-0.15, -0.1) is 0 Å². The first kappa shape index (κ1) is 22.6. The number of rotatable bonds is 0. The minimum Gasteiger partial charge on any atom is -1.00 e. The standard InChI is InChI=1S/C2H4O2.Ca.H3N.H2O4S.2H/c1-2(3)4;;;1-5(2,3)4;;/h1H3,(H,3,4);;1H3;(H2,1,2,3,4);;/q;+2;;;2*-1. The van der Waals surface area contributed by atoms with E-state index in [1.807, 2.05) is 0 Å². The molecule has 6 N–H and O–H groups in total. The molecule has 0 saturated heterocycles. The van der Waals surface area contributed by atoms with Crippen LogP contribution >= 0.6 is 0 Å². The van der Waals surface area contributed by atoms with Crippen LogP contribution in [0.3, 0.4) is 0 Å². The smallest absolute Gasteiger partial charge is 1.00 e. The van der Waals surface area contributed by atoms with Crippen molar-refractivity contribution in [2.24, 2.45) is 0 Å². The van der Waals surface area contributed by atoms with Crippen LogP contribution in [0.5, 0.6) is 0 Å². The van der Waals surface area contributed by atoms with Crippen molar-refractivity contribution >= 4 is 54.1 Å². The third-order valence-electron chi connectivity index (χ3n) is 0. The number of hydrogen-bond acceptors (Lipinski definition) is 4. The number of carboxylic acids is 1. The predicted octanol–water partition coefficient (Wildman–Crippen LogP) is -0.556. The Balaban J connectivity index is -0.0000000146. The largest absolute Gasteiger partial charge is 2.00 e. The van der Waals surface area contributed by atoms with Gasteiger partial charge in [-0.2, -0.15) is 8.42 Å². The molecule has 0 heterocycles. The summed E-state index contributed by atoms with van der Waals surface area (Å²) in [4.78, 5) is 9.00. The molecule has 0 aromatic heterocycles. The van der Waals surface area contributed by atoms with Crippen LogP contribution in [0, 0.1) is 0 Å². The van der Waals surface area contributed by atoms with Gasteiger partial charge in [0, 0.05) is 6.92 Å². The molecule has 0 amide bonds. The quantitative estimate of drug-likeness (QED) is 0.314. The average molecular weight is 217 g/mol. The summed E-state index contributed by atoms with van der Waals surface area (Å²) in [5.41, 5.74) is 0. The van der Waals surface area contributed by atoms with Gasteiger partial charge < -0.3 is 14.1 Å². The van der Waals surface area contributed by atoms with Crippen molar-refractivity contribution in [3.63, 3.8) is 0 Å². The third-order valence-corrected chi connectivity index (χ3v) is 0. The van der Waals surface area contributed by atoms with E-state index in [-0.39, 0.29) is 46.7 Å². The molecule has 0 aliphatic heterocycles. The Labute approximate surface area is 96.9 Å². The molecule has 0 saturated carbocycles. The van der Waals surface area contributed by atoms with Crippen molar-refractivity contribution in [1.29, 1.82) is 0 Å². The van der Waals surface area contributed by atoms with Gasteiger partial charge >= 0.3 is 48.1 Å². The minimum atomic E-state index is -4.67. The second kappa shape index (κ2) is 10.6. The normalized spacial score (nSPS) is 7.55. The summed E-state index contributed by atoms with van der Waals surface area (Å²) in [5.74, 6) is -0.833. The second-order valence-electron chi connectivity index (χ2n) is 0.967. The van der Waals surface area contributed by atoms with Crippen molar-refractivity contribution < 1.29 is 30.3 Å². The number of aliphatic carboxylic acids is 1. The van der Waals surface area contributed by atoms with Crippen LogP contribution in [0.15, 0.2) is 0 Å². The molecule has 7 nitrogen and oxygen atoms in total. The molecule has 9 heteroatoms. The van der Waals surface area contributed by atoms with Crippen molar-refractivity contribution in [3.8, 4) is 0 Å². The van der Waals surface area contributed by atoms with Crippen molar-refractivity contribution in [2.75, 3.05) is 0 Å². The summed E-state index contributed by atoms with van der Waals surface area (Å²) >= 11 is 0. The SMILES string of the molecule is CC(=O)O.N.O=S(=O)(O)O.[Ca+2].[H-].[H-]. The molecule has 0 spiro atoms. The summed E-state index contributed by atoms with van der Waals surface area (Å²) in [6, 6.07) is 0. The Kier molecular flexibility index (Phi) is 21.7. The van der Waals surface area contributed by atoms with Crippen molar-refractivity contribution in [1.82, 2.24) is 6.15 Å². The van der Waals surface area contributed by atoms with Gasteiger partial charge in [-0.3, -0.25) is 13.9 Å². The van der Waals surface area contributed by atoms with E-state index in [9.17, 15) is 0 Å². The van der Waals surface area contributed by atoms with Crippen molar-refractivity contribution in [3.05, 3.63) is 0 Å². The van der Waals surface area contributed by atoms with E-state index in [0.29, 0.717) is 0 Å². The van der Waals surface area contributed by atoms with Gasteiger partial charge in [0.15, 0.2) is 0 Å². The molecular weight excluding hydrogens is 206 g/mol. The first-order valence-electron chi connectivity index (χ1n) is 1.63. The number of carbonyl (C=O) groups is 1. The van der Waals surface area contributed by atoms with Crippen molar-refractivity contribution in [2.45, 2.75) is 6.92 Å². The van der Waals surface area contributed by atoms with E-state index in [1.54, 1.807) is 0 Å². The molecule has 0 aliphatic rings. The zero-order valence-corrected chi connectivity index (χ0v) is 8.91. The summed E-state index contributed by atoms with van der Waals surface area (Å²) in [6.45, 7) is 1.08. The monoisotopic (exact) mass is 217 g/mol. The van der Waals surface area contributed by atoms with E-state index < -0.39 is 16.4 Å². The van der Waals surface area contributed by atoms with E-state index >= 15 is 0 Å². The number of carboxylic acid groups (broad SMARTS) is 1. The maximum Gasteiger partial charge on any atom is 2.00 e. The van der Waals surface area contributed by atoms with E-state index in [2.05, 4.69) is 0 Å². The fourth-order valence-corrected chi connectivity index (χ4v) is 0. The Hall–Kier alpha value is 0.560. The van der Waals surface area contributed by atoms with Gasteiger partial charge in [0.05, 0.1) is 0 Å². The Morgan fingerprint density at radius 2 is 1.36 bits per heavy atom. The summed E-state index contributed by atoms with van der Waals surface area (Å²) in [6.07, 6.45) is 0. The fraction of sp³-hybridized carbons (Fsp3) is 0.500. The molecule has 0 aromatic rings. The van der Waals surface area contributed by atoms with Crippen LogP contribution in [0.2, 0.25) is 0 Å². The molecule has 0 aromatic carbocycles. The van der Waals surface area contributed by atoms with E-state index in [1.165, 1.54) is 0 Å². The van der Waals surface area contributed by atoms with Crippen LogP contribution in [0.1, 0.15) is 9.78 Å². The zero-order chi connectivity index (χ0) is 8.08. The van der Waals surface area contributed by atoms with Crippen LogP contribution in [-0.2, 0) is 15.2 Å². The molecule has 11 heavy (non-hydrogen) atoms. The molecule has 0 unspecified atom stereocenters. The van der Waals surface area contributed by atoms with Crippen LogP contribution in [-0.4, -0.2) is 66.3 Å². The van der Waals surface area contributed by atoms with Crippen LogP contribution < -0.4 is 6.15 Å². The first-order chi connectivity index (χ1) is 3.73. The van der Waals surface area contributed by atoms with Gasteiger partial charge in [-0.25, -0.2) is 0 Å². The van der Waals surface area contributed by atoms with Crippen LogP contribution in [0.4, 0.5) is 0 Å². The van der Waals surface area contributed by atoms with E-state index in [4.69, 9.17) is 27.4 Å². The summed E-state index contributed by atoms with van der Waals surface area (Å²) in [5, 5.41) is 7.42. The van der Waals surface area contributed by atoms with Gasteiger partial charge in [-0.1, -0.05) is 0 Å². The fourth-order valence-electron chi connectivity index (χ4n) is 0. The van der Waals surface area contributed by atoms with Gasteiger partial charge in [-0.05, 0) is 0 Å². The third kappa shape index (κ3) is 2470. The molecule has 68 valence electrons. The van der Waals surface area contributed by atoms with E-state index in [0.717, 1.165) is 6.92 Å². The topological polar surface area (TPSA) is 147 Å². The van der Waals surface area contributed by atoms with Crippen LogP contribution in [0.25, 0.3) is 0 Å². The minimum absolute atomic E-state index is 0. The maximum absolute atomic E-state index is 9.00. The zero-order valence-electron chi connectivity index (χ0n) is 7.89. The molecular formula is C2H11CaNO6S. The Bertz CT molecular complexity index is 171. The van der Waals surface area contributed by atoms with Gasteiger partial charge in [0.2, 0.25) is 0 Å². The molecule has 0 rings (SSSR count). The Morgan fingerprint density at radius 3 is 1.36 bits per heavy atom. The number of hydrogen-bond donors (Lipinski definition) is 4. The average Bonchev–Trinajstić information content (AvgIpc) is 1.19. The molecule has 0 aliphatic carbocycles.